The van der Waals surface area contributed by atoms with Gasteiger partial charge in [0.25, 0.3) is 0 Å². The topological polar surface area (TPSA) is 0 Å². The van der Waals surface area contributed by atoms with Gasteiger partial charge in [0.05, 0.1) is 8.07 Å². The zero-order chi connectivity index (χ0) is 17.0. The van der Waals surface area contributed by atoms with E-state index in [1.54, 1.807) is 0 Å². The van der Waals surface area contributed by atoms with Crippen LogP contribution in [0.4, 0.5) is 0 Å². The minimum Gasteiger partial charge on any atom is -0.0656 e. The van der Waals surface area contributed by atoms with Gasteiger partial charge in [-0.15, -0.1) is 0 Å². The average Bonchev–Trinajstić information content (AvgIpc) is 2.61. The Kier molecular flexibility index (Phi) is 4.69. The number of rotatable bonds is 2. The van der Waals surface area contributed by atoms with Crippen molar-refractivity contribution >= 4 is 13.3 Å². The van der Waals surface area contributed by atoms with Crippen LogP contribution in [0.15, 0.2) is 78.9 Å². The lowest BCUT2D eigenvalue weighted by Gasteiger charge is -2.15. The van der Waals surface area contributed by atoms with E-state index in [4.69, 9.17) is 0 Å². The lowest BCUT2D eigenvalue weighted by Crippen LogP contribution is -2.37. The van der Waals surface area contributed by atoms with Crippen molar-refractivity contribution in [3.05, 3.63) is 90.0 Å². The van der Waals surface area contributed by atoms with Crippen LogP contribution in [-0.4, -0.2) is 8.07 Å². The first-order valence-electron chi connectivity index (χ1n) is 8.30. The highest BCUT2D eigenvalue weighted by Crippen LogP contribution is 2.19. The van der Waals surface area contributed by atoms with Crippen LogP contribution in [0.5, 0.6) is 0 Å². The molecule has 0 aliphatic rings. The van der Waals surface area contributed by atoms with E-state index in [1.165, 1.54) is 16.3 Å². The molecule has 3 rings (SSSR count). The van der Waals surface area contributed by atoms with Crippen molar-refractivity contribution in [2.45, 2.75) is 19.6 Å². The maximum atomic E-state index is 3.29. The van der Waals surface area contributed by atoms with Crippen LogP contribution in [0.25, 0.3) is 11.1 Å². The summed E-state index contributed by atoms with van der Waals surface area (Å²) < 4.78 is 0. The highest BCUT2D eigenvalue weighted by molar-refractivity contribution is 6.88. The summed E-state index contributed by atoms with van der Waals surface area (Å²) in [6.45, 7) is 7.09. The highest BCUT2D eigenvalue weighted by Gasteiger charge is 2.15. The van der Waals surface area contributed by atoms with Crippen molar-refractivity contribution in [3.8, 4) is 23.0 Å². The molecule has 0 saturated carbocycles. The molecule has 1 heteroatoms. The second-order valence-electron chi connectivity index (χ2n) is 7.02. The molecule has 3 aromatic rings. The van der Waals surface area contributed by atoms with Crippen LogP contribution in [-0.2, 0) is 0 Å². The van der Waals surface area contributed by atoms with Gasteiger partial charge in [0, 0.05) is 11.1 Å². The first-order chi connectivity index (χ1) is 11.5. The van der Waals surface area contributed by atoms with Gasteiger partial charge in [-0.25, -0.2) is 0 Å². The Bertz CT molecular complexity index is 873. The molecule has 0 unspecified atom stereocenters. The van der Waals surface area contributed by atoms with Gasteiger partial charge in [-0.3, -0.25) is 0 Å². The predicted octanol–water partition coefficient (Wildman–Crippen LogP) is 5.30. The lowest BCUT2D eigenvalue weighted by atomic mass is 10.0. The summed E-state index contributed by atoms with van der Waals surface area (Å²) in [5, 5.41) is 1.47. The molecular weight excluding hydrogens is 304 g/mol. The monoisotopic (exact) mass is 326 g/mol. The van der Waals surface area contributed by atoms with Gasteiger partial charge in [0.2, 0.25) is 0 Å². The fourth-order valence-corrected chi connectivity index (χ4v) is 3.77. The number of benzene rings is 3. The Morgan fingerprint density at radius 1 is 0.583 bits per heavy atom. The first kappa shape index (κ1) is 16.3. The molecule has 0 atom stereocenters. The van der Waals surface area contributed by atoms with E-state index in [9.17, 15) is 0 Å². The fraction of sp³-hybridized carbons (Fsp3) is 0.130. The zero-order valence-corrected chi connectivity index (χ0v) is 15.5. The molecule has 0 radical (unpaired) electrons. The van der Waals surface area contributed by atoms with Crippen molar-refractivity contribution in [1.29, 1.82) is 0 Å². The van der Waals surface area contributed by atoms with Gasteiger partial charge in [-0.2, -0.15) is 0 Å². The Morgan fingerprint density at radius 3 is 1.88 bits per heavy atom. The van der Waals surface area contributed by atoms with E-state index < -0.39 is 8.07 Å². The van der Waals surface area contributed by atoms with E-state index in [1.807, 2.05) is 6.07 Å². The molecule has 0 aliphatic carbocycles. The van der Waals surface area contributed by atoms with Gasteiger partial charge in [0.15, 0.2) is 0 Å². The largest absolute Gasteiger partial charge is 0.0775 e. The van der Waals surface area contributed by atoms with Crippen LogP contribution < -0.4 is 5.19 Å². The van der Waals surface area contributed by atoms with Gasteiger partial charge < -0.3 is 0 Å². The van der Waals surface area contributed by atoms with Crippen LogP contribution in [0.2, 0.25) is 19.6 Å². The molecule has 0 spiro atoms. The third-order valence-electron chi connectivity index (χ3n) is 4.07. The molecule has 0 saturated heterocycles. The molecule has 0 N–H and O–H groups in total. The molecule has 0 aliphatic heterocycles. The van der Waals surface area contributed by atoms with Crippen molar-refractivity contribution in [2.75, 3.05) is 0 Å². The summed E-state index contributed by atoms with van der Waals surface area (Å²) in [4.78, 5) is 0. The summed E-state index contributed by atoms with van der Waals surface area (Å²) in [6, 6.07) is 27.6. The summed E-state index contributed by atoms with van der Waals surface area (Å²) >= 11 is 0. The molecule has 0 bridgehead atoms. The predicted molar refractivity (Wildman–Crippen MR) is 107 cm³/mol. The first-order valence-corrected chi connectivity index (χ1v) is 11.8. The molecule has 0 amide bonds. The van der Waals surface area contributed by atoms with Crippen molar-refractivity contribution in [3.63, 3.8) is 0 Å². The van der Waals surface area contributed by atoms with Gasteiger partial charge in [0.1, 0.15) is 0 Å². The second-order valence-corrected chi connectivity index (χ2v) is 12.1. The Hall–Kier alpha value is -2.56. The van der Waals surface area contributed by atoms with E-state index >= 15 is 0 Å². The molecule has 118 valence electrons. The molecule has 0 heterocycles. The molecular formula is C23H22Si. The summed E-state index contributed by atoms with van der Waals surface area (Å²) in [5.41, 5.74) is 4.55. The quantitative estimate of drug-likeness (QED) is 0.443. The normalized spacial score (nSPS) is 10.8. The minimum atomic E-state index is -1.24. The Morgan fingerprint density at radius 2 is 1.21 bits per heavy atom. The minimum absolute atomic E-state index is 1.05. The van der Waals surface area contributed by atoms with Crippen LogP contribution in [0.3, 0.4) is 0 Å². The van der Waals surface area contributed by atoms with E-state index in [0.717, 1.165) is 11.1 Å². The fourth-order valence-electron chi connectivity index (χ4n) is 2.61. The average molecular weight is 327 g/mol. The van der Waals surface area contributed by atoms with Crippen LogP contribution >= 0.6 is 0 Å². The van der Waals surface area contributed by atoms with E-state index in [0.29, 0.717) is 0 Å². The van der Waals surface area contributed by atoms with E-state index in [-0.39, 0.29) is 0 Å². The third-order valence-corrected chi connectivity index (χ3v) is 6.14. The summed E-state index contributed by atoms with van der Waals surface area (Å²) in [7, 11) is -1.24. The summed E-state index contributed by atoms with van der Waals surface area (Å²) in [5.74, 6) is 6.57. The lowest BCUT2D eigenvalue weighted by molar-refractivity contribution is 1.59. The molecule has 24 heavy (non-hydrogen) atoms. The Balaban J connectivity index is 1.84. The number of hydrogen-bond donors (Lipinski definition) is 0. The van der Waals surface area contributed by atoms with Crippen molar-refractivity contribution < 1.29 is 0 Å². The van der Waals surface area contributed by atoms with Gasteiger partial charge >= 0.3 is 0 Å². The van der Waals surface area contributed by atoms with Gasteiger partial charge in [-0.1, -0.05) is 91.3 Å². The SMILES string of the molecule is C[Si](C)(C)c1ccc(C#Cc2cccc(-c3ccccc3)c2)cc1. The standard InChI is InChI=1S/C23H22Si/c1-24(2,3)23-16-14-19(15-17-23)12-13-20-8-7-11-22(18-20)21-9-5-4-6-10-21/h4-11,14-18H,1-3H3. The summed E-state index contributed by atoms with van der Waals surface area (Å²) in [6.07, 6.45) is 0. The smallest absolute Gasteiger partial charge is 0.0656 e. The zero-order valence-electron chi connectivity index (χ0n) is 14.5. The maximum Gasteiger partial charge on any atom is 0.0775 e. The molecule has 3 aromatic carbocycles. The highest BCUT2D eigenvalue weighted by atomic mass is 28.3. The second kappa shape index (κ2) is 6.91. The van der Waals surface area contributed by atoms with Gasteiger partial charge in [-0.05, 0) is 35.4 Å². The Labute approximate surface area is 146 Å². The number of hydrogen-bond acceptors (Lipinski definition) is 0. The molecule has 0 nitrogen and oxygen atoms in total. The molecule has 0 fully saturated rings. The van der Waals surface area contributed by atoms with Crippen molar-refractivity contribution in [1.82, 2.24) is 0 Å². The molecule has 0 aromatic heterocycles. The van der Waals surface area contributed by atoms with Crippen molar-refractivity contribution in [2.24, 2.45) is 0 Å². The van der Waals surface area contributed by atoms with Crippen LogP contribution in [0, 0.1) is 11.8 Å². The van der Waals surface area contributed by atoms with Crippen LogP contribution in [0.1, 0.15) is 11.1 Å². The van der Waals surface area contributed by atoms with E-state index in [2.05, 4.69) is 104 Å². The third kappa shape index (κ3) is 4.04. The maximum absolute atomic E-state index is 3.29.